The van der Waals surface area contributed by atoms with Crippen LogP contribution in [0.3, 0.4) is 0 Å². The molecule has 0 aliphatic heterocycles. The van der Waals surface area contributed by atoms with E-state index in [0.717, 1.165) is 0 Å². The van der Waals surface area contributed by atoms with Crippen LogP contribution in [0.1, 0.15) is 27.4 Å². The molecule has 2 aromatic carbocycles. The fourth-order valence-electron chi connectivity index (χ4n) is 6.91. The van der Waals surface area contributed by atoms with Crippen LogP contribution in [0, 0.1) is 23.7 Å². The zero-order valence-electron chi connectivity index (χ0n) is 21.1. The molecule has 0 spiro atoms. The van der Waals surface area contributed by atoms with E-state index in [1.54, 1.807) is 30.3 Å². The molecule has 5 rings (SSSR count). The first-order valence-electron chi connectivity index (χ1n) is 12.4. The van der Waals surface area contributed by atoms with E-state index in [1.807, 2.05) is 0 Å². The van der Waals surface area contributed by atoms with E-state index in [1.165, 1.54) is 31.1 Å². The molecule has 11 heteroatoms. The molecule has 8 atom stereocenters. The number of phenolic OH excluding ortho intramolecular Hbond substituents is 1. The van der Waals surface area contributed by atoms with Crippen molar-refractivity contribution in [1.29, 1.82) is 0 Å². The van der Waals surface area contributed by atoms with E-state index in [-0.39, 0.29) is 12.0 Å². The van der Waals surface area contributed by atoms with Crippen molar-refractivity contribution in [1.82, 2.24) is 4.90 Å². The van der Waals surface area contributed by atoms with E-state index in [0.29, 0.717) is 16.1 Å². The molecule has 2 saturated carbocycles. The average Bonchev–Trinajstić information content (AvgIpc) is 2.86. The number of fused-ring (bicyclic) bond motifs is 3. The molecule has 3 aliphatic rings. The molecule has 2 fully saturated rings. The van der Waals surface area contributed by atoms with Gasteiger partial charge in [-0.1, -0.05) is 41.9 Å². The van der Waals surface area contributed by atoms with Crippen molar-refractivity contribution in [2.24, 2.45) is 29.4 Å². The Bertz CT molecular complexity index is 1440. The zero-order valence-corrected chi connectivity index (χ0v) is 21.8. The minimum atomic E-state index is -3.05. The maximum Gasteiger partial charge on any atom is 0.235 e. The summed E-state index contributed by atoms with van der Waals surface area (Å²) in [6.45, 7) is 0. The van der Waals surface area contributed by atoms with Gasteiger partial charge in [0.25, 0.3) is 0 Å². The SMILES string of the molecule is CN(C)[C@@H]1C(=O)C(C(N)=O)C(=O)[C@@]2(O)C(=O)C3C(=O)c4c(O)cccc4C(Cc4ccccc4Cl)[C@H]3[C@H](O)[C@@H]12. The third-order valence-electron chi connectivity index (χ3n) is 8.55. The number of amides is 1. The Morgan fingerprint density at radius 3 is 2.33 bits per heavy atom. The maximum atomic E-state index is 14.1. The average molecular weight is 555 g/mol. The molecule has 0 saturated heterocycles. The summed E-state index contributed by atoms with van der Waals surface area (Å²) in [4.78, 5) is 68.2. The molecule has 5 N–H and O–H groups in total. The summed E-state index contributed by atoms with van der Waals surface area (Å²) < 4.78 is 0. The summed E-state index contributed by atoms with van der Waals surface area (Å²) in [6, 6.07) is 9.87. The molecule has 2 aromatic rings. The molecule has 0 heterocycles. The normalized spacial score (nSPS) is 33.9. The smallest absolute Gasteiger partial charge is 0.235 e. The lowest BCUT2D eigenvalue weighted by Gasteiger charge is -2.56. The van der Waals surface area contributed by atoms with Crippen LogP contribution >= 0.6 is 11.6 Å². The van der Waals surface area contributed by atoms with Crippen molar-refractivity contribution < 1.29 is 39.3 Å². The van der Waals surface area contributed by atoms with Gasteiger partial charge in [-0.2, -0.15) is 0 Å². The molecular weight excluding hydrogens is 528 g/mol. The lowest BCUT2D eigenvalue weighted by molar-refractivity contribution is -0.197. The van der Waals surface area contributed by atoms with Crippen LogP contribution in [0.2, 0.25) is 5.02 Å². The zero-order chi connectivity index (χ0) is 28.5. The molecule has 3 unspecified atom stereocenters. The summed E-state index contributed by atoms with van der Waals surface area (Å²) in [7, 11) is 2.89. The van der Waals surface area contributed by atoms with Gasteiger partial charge in [0.15, 0.2) is 34.7 Å². The number of carbonyl (C=O) groups is 5. The first-order valence-corrected chi connectivity index (χ1v) is 12.8. The number of ketones is 4. The van der Waals surface area contributed by atoms with E-state index in [2.05, 4.69) is 0 Å². The van der Waals surface area contributed by atoms with Gasteiger partial charge in [-0.25, -0.2) is 0 Å². The van der Waals surface area contributed by atoms with Crippen molar-refractivity contribution >= 4 is 40.6 Å². The van der Waals surface area contributed by atoms with Crippen LogP contribution in [0.15, 0.2) is 42.5 Å². The number of rotatable bonds is 4. The van der Waals surface area contributed by atoms with Crippen molar-refractivity contribution in [2.75, 3.05) is 14.1 Å². The standard InChI is InChI=1S/C28H27ClN2O8/c1-31(2)21-20-23(34)17-13(10-11-6-3-4-8-14(11)29)12-7-5-9-15(32)16(12)22(33)18(17)25(36)28(20,39)26(37)19(24(21)35)27(30)38/h3-9,13,17-21,23,32,34,39H,10H2,1-2H3,(H2,30,38)/t13?,17-,18?,19?,20-,21+,23+,28+/m1/s1. The number of carbonyl (C=O) groups excluding carboxylic acids is 5. The second-order valence-electron chi connectivity index (χ2n) is 10.7. The predicted octanol–water partition coefficient (Wildman–Crippen LogP) is 0.275. The number of aromatic hydroxyl groups is 1. The second kappa shape index (κ2) is 9.34. The Kier molecular flexibility index (Phi) is 6.50. The molecule has 39 heavy (non-hydrogen) atoms. The summed E-state index contributed by atoms with van der Waals surface area (Å²) in [5, 5.41) is 34.7. The van der Waals surface area contributed by atoms with Gasteiger partial charge >= 0.3 is 0 Å². The highest BCUT2D eigenvalue weighted by Gasteiger charge is 2.73. The highest BCUT2D eigenvalue weighted by molar-refractivity contribution is 6.33. The van der Waals surface area contributed by atoms with Crippen molar-refractivity contribution in [3.63, 3.8) is 0 Å². The highest BCUT2D eigenvalue weighted by atomic mass is 35.5. The van der Waals surface area contributed by atoms with Gasteiger partial charge in [0.05, 0.1) is 29.5 Å². The number of aliphatic hydroxyl groups is 2. The Labute approximate surface area is 228 Å². The van der Waals surface area contributed by atoms with Crippen molar-refractivity contribution in [3.05, 3.63) is 64.2 Å². The first-order chi connectivity index (χ1) is 18.3. The Hall–Kier alpha value is -3.44. The molecule has 1 amide bonds. The van der Waals surface area contributed by atoms with E-state index < -0.39 is 82.1 Å². The molecule has 0 radical (unpaired) electrons. The number of likely N-dealkylation sites (N-methyl/N-ethyl adjacent to an activating group) is 1. The largest absolute Gasteiger partial charge is 0.507 e. The van der Waals surface area contributed by atoms with Gasteiger partial charge in [-0.3, -0.25) is 28.9 Å². The van der Waals surface area contributed by atoms with Crippen LogP contribution in [0.4, 0.5) is 0 Å². The predicted molar refractivity (Wildman–Crippen MR) is 137 cm³/mol. The molecule has 3 aliphatic carbocycles. The second-order valence-corrected chi connectivity index (χ2v) is 11.1. The third-order valence-corrected chi connectivity index (χ3v) is 8.92. The Balaban J connectivity index is 1.75. The summed E-state index contributed by atoms with van der Waals surface area (Å²) in [6.07, 6.45) is -1.59. The van der Waals surface area contributed by atoms with E-state index in [4.69, 9.17) is 17.3 Å². The van der Waals surface area contributed by atoms with Crippen LogP contribution in [0.5, 0.6) is 5.75 Å². The van der Waals surface area contributed by atoms with Gasteiger partial charge < -0.3 is 21.1 Å². The number of aliphatic hydroxyl groups excluding tert-OH is 1. The Morgan fingerprint density at radius 1 is 1.05 bits per heavy atom. The van der Waals surface area contributed by atoms with Crippen LogP contribution in [-0.2, 0) is 25.6 Å². The summed E-state index contributed by atoms with van der Waals surface area (Å²) in [5.74, 6) is -13.8. The van der Waals surface area contributed by atoms with Crippen LogP contribution in [-0.4, -0.2) is 81.1 Å². The number of hydrogen-bond donors (Lipinski definition) is 4. The quantitative estimate of drug-likeness (QED) is 0.387. The Morgan fingerprint density at radius 2 is 1.72 bits per heavy atom. The number of primary amides is 1. The molecule has 0 bridgehead atoms. The minimum Gasteiger partial charge on any atom is -0.507 e. The fraction of sp³-hybridized carbons (Fsp3) is 0.393. The molecular formula is C28H27ClN2O8. The van der Waals surface area contributed by atoms with Gasteiger partial charge in [-0.15, -0.1) is 0 Å². The van der Waals surface area contributed by atoms with Gasteiger partial charge in [0, 0.05) is 10.9 Å². The topological polar surface area (TPSA) is 175 Å². The third kappa shape index (κ3) is 3.70. The molecule has 10 nitrogen and oxygen atoms in total. The van der Waals surface area contributed by atoms with Crippen molar-refractivity contribution in [3.8, 4) is 5.75 Å². The molecule has 204 valence electrons. The van der Waals surface area contributed by atoms with E-state index >= 15 is 0 Å². The summed E-state index contributed by atoms with van der Waals surface area (Å²) >= 11 is 6.43. The lowest BCUT2D eigenvalue weighted by Crippen LogP contribution is -2.77. The fourth-order valence-corrected chi connectivity index (χ4v) is 7.12. The number of nitrogens with two attached hydrogens (primary N) is 1. The highest BCUT2D eigenvalue weighted by Crippen LogP contribution is 2.55. The van der Waals surface area contributed by atoms with Crippen LogP contribution < -0.4 is 5.73 Å². The van der Waals surface area contributed by atoms with Gasteiger partial charge in [0.1, 0.15) is 5.75 Å². The monoisotopic (exact) mass is 554 g/mol. The lowest BCUT2D eigenvalue weighted by atomic mass is 9.49. The van der Waals surface area contributed by atoms with E-state index in [9.17, 15) is 39.3 Å². The van der Waals surface area contributed by atoms with Gasteiger partial charge in [-0.05, 0) is 49.7 Å². The summed E-state index contributed by atoms with van der Waals surface area (Å²) in [5.41, 5.74) is 3.14. The van der Waals surface area contributed by atoms with Crippen LogP contribution in [0.25, 0.3) is 0 Å². The van der Waals surface area contributed by atoms with Gasteiger partial charge in [0.2, 0.25) is 5.91 Å². The molecule has 0 aromatic heterocycles. The number of hydrogen-bond acceptors (Lipinski definition) is 9. The minimum absolute atomic E-state index is 0.137. The van der Waals surface area contributed by atoms with Crippen molar-refractivity contribution in [2.45, 2.75) is 30.1 Å². The number of halogens is 1. The number of Topliss-reactive ketones (excluding diaryl/α,β-unsaturated/α-hetero) is 4. The maximum absolute atomic E-state index is 14.1. The number of nitrogens with zero attached hydrogens (tertiary/aromatic N) is 1. The first kappa shape index (κ1) is 27.1. The number of phenols is 1. The number of benzene rings is 2.